The molecular formula is C19H28N6. The second kappa shape index (κ2) is 7.42. The summed E-state index contributed by atoms with van der Waals surface area (Å²) < 4.78 is 0. The third-order valence-corrected chi connectivity index (χ3v) is 5.41. The van der Waals surface area contributed by atoms with Crippen LogP contribution in [-0.4, -0.2) is 46.1 Å². The zero-order chi connectivity index (χ0) is 17.1. The molecule has 1 atom stereocenters. The quantitative estimate of drug-likeness (QED) is 0.926. The van der Waals surface area contributed by atoms with Gasteiger partial charge in [0.15, 0.2) is 0 Å². The monoisotopic (exact) mass is 340 g/mol. The van der Waals surface area contributed by atoms with E-state index in [4.69, 9.17) is 9.97 Å². The van der Waals surface area contributed by atoms with Crippen LogP contribution in [0.15, 0.2) is 18.5 Å². The molecule has 2 aromatic rings. The van der Waals surface area contributed by atoms with Gasteiger partial charge >= 0.3 is 0 Å². The Balaban J connectivity index is 1.57. The van der Waals surface area contributed by atoms with Crippen molar-refractivity contribution in [3.8, 4) is 0 Å². The highest BCUT2D eigenvalue weighted by atomic mass is 15.3. The summed E-state index contributed by atoms with van der Waals surface area (Å²) in [7, 11) is 0. The van der Waals surface area contributed by atoms with Gasteiger partial charge in [-0.1, -0.05) is 6.92 Å². The molecule has 2 aromatic heterocycles. The summed E-state index contributed by atoms with van der Waals surface area (Å²) >= 11 is 0. The predicted octanol–water partition coefficient (Wildman–Crippen LogP) is 3.14. The first-order valence-corrected chi connectivity index (χ1v) is 9.70. The molecule has 0 bridgehead atoms. The van der Waals surface area contributed by atoms with Gasteiger partial charge in [0.25, 0.3) is 0 Å². The number of nitrogens with one attached hydrogen (secondary N) is 1. The summed E-state index contributed by atoms with van der Waals surface area (Å²) in [5.74, 6) is 3.57. The first-order chi connectivity index (χ1) is 12.3. The summed E-state index contributed by atoms with van der Waals surface area (Å²) in [6.45, 7) is 6.39. The van der Waals surface area contributed by atoms with Gasteiger partial charge in [-0.05, 0) is 38.5 Å². The number of aromatic nitrogens is 4. The molecule has 0 aromatic carbocycles. The maximum atomic E-state index is 4.95. The number of imidazole rings is 1. The van der Waals surface area contributed by atoms with Crippen LogP contribution in [0.25, 0.3) is 0 Å². The van der Waals surface area contributed by atoms with E-state index < -0.39 is 0 Å². The smallest absolute Gasteiger partial charge is 0.227 e. The van der Waals surface area contributed by atoms with E-state index in [0.717, 1.165) is 55.9 Å². The number of hydrogen-bond donors (Lipinski definition) is 1. The standard InChI is InChI=1S/C19H28N6/c1-2-16-13-17(23-19(22-16)24-10-4-3-5-11-24)25-12-6-7-15(14-25)18-20-8-9-21-18/h8-9,13,15H,2-7,10-12,14H2,1H3,(H,20,21)/t15-/m0/s1. The lowest BCUT2D eigenvalue weighted by Crippen LogP contribution is -2.36. The van der Waals surface area contributed by atoms with Gasteiger partial charge in [0.05, 0.1) is 0 Å². The zero-order valence-electron chi connectivity index (χ0n) is 15.1. The van der Waals surface area contributed by atoms with E-state index in [1.54, 1.807) is 0 Å². The van der Waals surface area contributed by atoms with Crippen LogP contribution in [0.4, 0.5) is 11.8 Å². The molecule has 6 nitrogen and oxygen atoms in total. The molecule has 25 heavy (non-hydrogen) atoms. The number of aryl methyl sites for hydroxylation is 1. The van der Waals surface area contributed by atoms with E-state index in [1.807, 2.05) is 12.4 Å². The minimum absolute atomic E-state index is 0.460. The van der Waals surface area contributed by atoms with Crippen molar-refractivity contribution in [2.24, 2.45) is 0 Å². The number of hydrogen-bond acceptors (Lipinski definition) is 5. The molecule has 2 aliphatic rings. The van der Waals surface area contributed by atoms with Crippen LogP contribution in [0.3, 0.4) is 0 Å². The van der Waals surface area contributed by atoms with Crippen molar-refractivity contribution in [2.75, 3.05) is 36.0 Å². The second-order valence-electron chi connectivity index (χ2n) is 7.18. The van der Waals surface area contributed by atoms with Gasteiger partial charge in [0.2, 0.25) is 5.95 Å². The van der Waals surface area contributed by atoms with Crippen LogP contribution in [0.5, 0.6) is 0 Å². The summed E-state index contributed by atoms with van der Waals surface area (Å²) in [6.07, 6.45) is 10.9. The molecule has 0 radical (unpaired) electrons. The Morgan fingerprint density at radius 3 is 2.68 bits per heavy atom. The molecule has 0 amide bonds. The van der Waals surface area contributed by atoms with Crippen molar-refractivity contribution >= 4 is 11.8 Å². The van der Waals surface area contributed by atoms with E-state index in [2.05, 4.69) is 32.8 Å². The number of piperidine rings is 2. The summed E-state index contributed by atoms with van der Waals surface area (Å²) in [4.78, 5) is 22.3. The molecule has 134 valence electrons. The average molecular weight is 340 g/mol. The average Bonchev–Trinajstić information content (AvgIpc) is 3.23. The Bertz CT molecular complexity index is 677. The van der Waals surface area contributed by atoms with Gasteiger partial charge in [-0.15, -0.1) is 0 Å². The zero-order valence-corrected chi connectivity index (χ0v) is 15.1. The van der Waals surface area contributed by atoms with Crippen LogP contribution in [0.2, 0.25) is 0 Å². The Hall–Kier alpha value is -2.11. The highest BCUT2D eigenvalue weighted by molar-refractivity contribution is 5.47. The third kappa shape index (κ3) is 3.62. The first kappa shape index (κ1) is 16.4. The fraction of sp³-hybridized carbons (Fsp3) is 0.632. The minimum atomic E-state index is 0.460. The number of rotatable bonds is 4. The lowest BCUT2D eigenvalue weighted by molar-refractivity contribution is 0.490. The van der Waals surface area contributed by atoms with Crippen LogP contribution in [0, 0.1) is 0 Å². The van der Waals surface area contributed by atoms with Gasteiger partial charge < -0.3 is 14.8 Å². The van der Waals surface area contributed by atoms with Crippen molar-refractivity contribution < 1.29 is 0 Å². The Kier molecular flexibility index (Phi) is 4.85. The molecule has 4 heterocycles. The molecule has 2 aliphatic heterocycles. The van der Waals surface area contributed by atoms with Crippen molar-refractivity contribution in [2.45, 2.75) is 51.4 Å². The second-order valence-corrected chi connectivity index (χ2v) is 7.18. The van der Waals surface area contributed by atoms with Gasteiger partial charge in [-0.3, -0.25) is 0 Å². The predicted molar refractivity (Wildman–Crippen MR) is 100 cm³/mol. The van der Waals surface area contributed by atoms with Crippen LogP contribution in [-0.2, 0) is 6.42 Å². The fourth-order valence-electron chi connectivity index (χ4n) is 3.96. The molecule has 0 aliphatic carbocycles. The molecule has 6 heteroatoms. The lowest BCUT2D eigenvalue weighted by Gasteiger charge is -2.34. The first-order valence-electron chi connectivity index (χ1n) is 9.70. The van der Waals surface area contributed by atoms with Crippen molar-refractivity contribution in [1.29, 1.82) is 0 Å². The van der Waals surface area contributed by atoms with E-state index in [-0.39, 0.29) is 0 Å². The lowest BCUT2D eigenvalue weighted by atomic mass is 9.97. The van der Waals surface area contributed by atoms with Gasteiger partial charge in [0, 0.05) is 56.3 Å². The van der Waals surface area contributed by atoms with E-state index in [1.165, 1.54) is 32.1 Å². The minimum Gasteiger partial charge on any atom is -0.356 e. The highest BCUT2D eigenvalue weighted by Gasteiger charge is 2.25. The van der Waals surface area contributed by atoms with Gasteiger partial charge in [-0.2, -0.15) is 4.98 Å². The molecule has 4 rings (SSSR count). The Morgan fingerprint density at radius 2 is 1.92 bits per heavy atom. The molecule has 2 fully saturated rings. The van der Waals surface area contributed by atoms with Crippen LogP contribution < -0.4 is 9.80 Å². The molecule has 1 N–H and O–H groups in total. The number of H-pyrrole nitrogens is 1. The maximum absolute atomic E-state index is 4.95. The number of aromatic amines is 1. The topological polar surface area (TPSA) is 60.9 Å². The van der Waals surface area contributed by atoms with Crippen molar-refractivity contribution in [3.05, 3.63) is 30.0 Å². The van der Waals surface area contributed by atoms with E-state index in [9.17, 15) is 0 Å². The normalized spacial score (nSPS) is 21.6. The highest BCUT2D eigenvalue weighted by Crippen LogP contribution is 2.29. The summed E-state index contributed by atoms with van der Waals surface area (Å²) in [5.41, 5.74) is 1.14. The van der Waals surface area contributed by atoms with Crippen LogP contribution in [0.1, 0.15) is 56.5 Å². The molecular weight excluding hydrogens is 312 g/mol. The van der Waals surface area contributed by atoms with Gasteiger partial charge in [0.1, 0.15) is 11.6 Å². The summed E-state index contributed by atoms with van der Waals surface area (Å²) in [6, 6.07) is 2.18. The largest absolute Gasteiger partial charge is 0.356 e. The van der Waals surface area contributed by atoms with Crippen molar-refractivity contribution in [1.82, 2.24) is 19.9 Å². The Labute approximate surface area is 149 Å². The number of nitrogens with zero attached hydrogens (tertiary/aromatic N) is 5. The van der Waals surface area contributed by atoms with Crippen LogP contribution >= 0.6 is 0 Å². The molecule has 2 saturated heterocycles. The molecule has 0 spiro atoms. The Morgan fingerprint density at radius 1 is 1.08 bits per heavy atom. The molecule has 0 unspecified atom stereocenters. The molecule has 0 saturated carbocycles. The van der Waals surface area contributed by atoms with Gasteiger partial charge in [-0.25, -0.2) is 9.97 Å². The SMILES string of the molecule is CCc1cc(N2CCC[C@H](c3ncc[nH]3)C2)nc(N2CCCCC2)n1. The third-order valence-electron chi connectivity index (χ3n) is 5.41. The van der Waals surface area contributed by atoms with Crippen molar-refractivity contribution in [3.63, 3.8) is 0 Å². The van der Waals surface area contributed by atoms with E-state index in [0.29, 0.717) is 5.92 Å². The number of anilines is 2. The maximum Gasteiger partial charge on any atom is 0.227 e. The summed E-state index contributed by atoms with van der Waals surface area (Å²) in [5, 5.41) is 0. The fourth-order valence-corrected chi connectivity index (χ4v) is 3.96. The van der Waals surface area contributed by atoms with E-state index >= 15 is 0 Å².